The van der Waals surface area contributed by atoms with Gasteiger partial charge in [-0.2, -0.15) is 0 Å². The van der Waals surface area contributed by atoms with Gasteiger partial charge in [0.25, 0.3) is 0 Å². The quantitative estimate of drug-likeness (QED) is 0.628. The topological polar surface area (TPSA) is 96.9 Å². The average molecular weight is 232 g/mol. The van der Waals surface area contributed by atoms with Crippen LogP contribution >= 0.6 is 0 Å². The fourth-order valence-electron chi connectivity index (χ4n) is 1.71. The van der Waals surface area contributed by atoms with Gasteiger partial charge in [-0.25, -0.2) is 4.79 Å². The fraction of sp³-hybridized carbons (Fsp3) is 0.100. The molecule has 0 unspecified atom stereocenters. The Labute approximate surface area is 94.2 Å². The molecule has 86 valence electrons. The molecule has 1 aromatic carbocycles. The number of rotatable bonds is 2. The molecule has 2 heterocycles. The summed E-state index contributed by atoms with van der Waals surface area (Å²) in [5.41, 5.74) is 1.57. The van der Waals surface area contributed by atoms with Gasteiger partial charge in [-0.15, -0.1) is 9.94 Å². The van der Waals surface area contributed by atoms with Crippen LogP contribution < -0.4 is 5.76 Å². The Morgan fingerprint density at radius 2 is 2.35 bits per heavy atom. The largest absolute Gasteiger partial charge is 0.438 e. The number of aromatic amines is 1. The van der Waals surface area contributed by atoms with Crippen molar-refractivity contribution in [2.45, 2.75) is 6.42 Å². The lowest BCUT2D eigenvalue weighted by molar-refractivity contribution is 0.161. The highest BCUT2D eigenvalue weighted by atomic mass is 16.5. The summed E-state index contributed by atoms with van der Waals surface area (Å²) in [6.45, 7) is 0. The molecular formula is C10H8N4O3. The Balaban J connectivity index is 1.98. The van der Waals surface area contributed by atoms with Crippen molar-refractivity contribution in [1.82, 2.24) is 20.1 Å². The maximum Gasteiger partial charge on any atom is 0.438 e. The zero-order chi connectivity index (χ0) is 11.8. The number of benzene rings is 1. The summed E-state index contributed by atoms with van der Waals surface area (Å²) in [6.07, 6.45) is 2.02. The summed E-state index contributed by atoms with van der Waals surface area (Å²) >= 11 is 0. The third kappa shape index (κ3) is 1.67. The minimum Gasteiger partial charge on any atom is -0.411 e. The van der Waals surface area contributed by atoms with E-state index in [2.05, 4.69) is 19.8 Å². The molecule has 0 saturated heterocycles. The Morgan fingerprint density at radius 3 is 3.12 bits per heavy atom. The molecule has 0 saturated carbocycles. The van der Waals surface area contributed by atoms with E-state index in [4.69, 9.17) is 0 Å². The van der Waals surface area contributed by atoms with Crippen LogP contribution in [0.15, 0.2) is 33.7 Å². The Morgan fingerprint density at radius 1 is 1.47 bits per heavy atom. The van der Waals surface area contributed by atoms with Crippen LogP contribution in [0.25, 0.3) is 10.9 Å². The summed E-state index contributed by atoms with van der Waals surface area (Å²) in [7, 11) is 0. The van der Waals surface area contributed by atoms with Crippen LogP contribution in [0.3, 0.4) is 0 Å². The lowest BCUT2D eigenvalue weighted by atomic mass is 10.1. The number of fused-ring (bicyclic) bond motifs is 1. The Hall–Kier alpha value is -2.57. The third-order valence-corrected chi connectivity index (χ3v) is 2.47. The molecular weight excluding hydrogens is 224 g/mol. The van der Waals surface area contributed by atoms with E-state index in [1.807, 2.05) is 12.1 Å². The van der Waals surface area contributed by atoms with Crippen molar-refractivity contribution < 1.29 is 9.73 Å². The van der Waals surface area contributed by atoms with E-state index in [0.29, 0.717) is 17.8 Å². The number of nitrogens with zero attached hydrogens (tertiary/aromatic N) is 3. The van der Waals surface area contributed by atoms with Gasteiger partial charge in [0.15, 0.2) is 5.82 Å². The summed E-state index contributed by atoms with van der Waals surface area (Å²) in [6, 6.07) is 5.43. The number of nitrogens with one attached hydrogen (secondary N) is 1. The lowest BCUT2D eigenvalue weighted by Gasteiger charge is -1.98. The van der Waals surface area contributed by atoms with Crippen molar-refractivity contribution in [1.29, 1.82) is 0 Å². The van der Waals surface area contributed by atoms with Crippen LogP contribution in [0.5, 0.6) is 0 Å². The molecule has 0 atom stereocenters. The predicted octanol–water partition coefficient (Wildman–Crippen LogP) is 0.541. The molecule has 0 radical (unpaired) electrons. The molecule has 0 amide bonds. The van der Waals surface area contributed by atoms with Crippen molar-refractivity contribution in [2.75, 3.05) is 0 Å². The number of hydrogen-bond acceptors (Lipinski definition) is 5. The van der Waals surface area contributed by atoms with Crippen molar-refractivity contribution in [2.24, 2.45) is 0 Å². The molecule has 0 bridgehead atoms. The summed E-state index contributed by atoms with van der Waals surface area (Å²) < 4.78 is 4.41. The Kier molecular flexibility index (Phi) is 1.97. The first-order valence-corrected chi connectivity index (χ1v) is 4.93. The standard InChI is InChI=1S/C10H8N4O3/c15-10-12-9(13-17-10)4-6-1-2-8-7(3-6)5-11-14(8)16/h1-3,5,16H,4H2,(H,12,13,15). The van der Waals surface area contributed by atoms with Gasteiger partial charge >= 0.3 is 5.76 Å². The van der Waals surface area contributed by atoms with Crippen LogP contribution in [-0.4, -0.2) is 25.3 Å². The average Bonchev–Trinajstić information content (AvgIpc) is 2.87. The first-order chi connectivity index (χ1) is 8.22. The van der Waals surface area contributed by atoms with Crippen LogP contribution in [0.2, 0.25) is 0 Å². The highest BCUT2D eigenvalue weighted by Crippen LogP contribution is 2.15. The zero-order valence-electron chi connectivity index (χ0n) is 8.62. The van der Waals surface area contributed by atoms with E-state index < -0.39 is 5.76 Å². The van der Waals surface area contributed by atoms with Gasteiger partial charge in [0, 0.05) is 11.8 Å². The first-order valence-electron chi connectivity index (χ1n) is 4.93. The van der Waals surface area contributed by atoms with Gasteiger partial charge in [0.05, 0.1) is 6.20 Å². The van der Waals surface area contributed by atoms with Crippen LogP contribution in [0, 0.1) is 0 Å². The molecule has 7 heteroatoms. The molecule has 0 fully saturated rings. The first kappa shape index (κ1) is 9.64. The van der Waals surface area contributed by atoms with Crippen LogP contribution in [0.1, 0.15) is 11.4 Å². The van der Waals surface area contributed by atoms with Crippen molar-refractivity contribution >= 4 is 10.9 Å². The highest BCUT2D eigenvalue weighted by Gasteiger charge is 2.05. The molecule has 0 spiro atoms. The van der Waals surface area contributed by atoms with E-state index in [9.17, 15) is 10.0 Å². The minimum atomic E-state index is -0.566. The fourth-order valence-corrected chi connectivity index (χ4v) is 1.71. The van der Waals surface area contributed by atoms with Crippen LogP contribution in [0.4, 0.5) is 0 Å². The van der Waals surface area contributed by atoms with E-state index in [1.54, 1.807) is 12.3 Å². The molecule has 0 aliphatic heterocycles. The maximum atomic E-state index is 10.8. The van der Waals surface area contributed by atoms with Gasteiger partial charge in [-0.3, -0.25) is 9.51 Å². The second-order valence-electron chi connectivity index (χ2n) is 3.65. The SMILES string of the molecule is O=c1[nH]c(Cc2ccc3c(cnn3O)c2)no1. The van der Waals surface area contributed by atoms with Crippen molar-refractivity contribution in [3.63, 3.8) is 0 Å². The van der Waals surface area contributed by atoms with Gasteiger partial charge in [0.2, 0.25) is 0 Å². The smallest absolute Gasteiger partial charge is 0.411 e. The number of hydrogen-bond donors (Lipinski definition) is 2. The Bertz CT molecular complexity index is 724. The van der Waals surface area contributed by atoms with Gasteiger partial charge in [-0.1, -0.05) is 11.2 Å². The normalized spacial score (nSPS) is 11.1. The molecule has 17 heavy (non-hydrogen) atoms. The van der Waals surface area contributed by atoms with E-state index in [1.165, 1.54) is 0 Å². The lowest BCUT2D eigenvalue weighted by Crippen LogP contribution is -1.98. The summed E-state index contributed by atoms with van der Waals surface area (Å²) in [5, 5.41) is 17.5. The molecule has 3 aromatic rings. The molecule has 2 aromatic heterocycles. The predicted molar refractivity (Wildman–Crippen MR) is 56.8 cm³/mol. The molecule has 2 N–H and O–H groups in total. The van der Waals surface area contributed by atoms with Gasteiger partial charge in [0.1, 0.15) is 5.52 Å². The van der Waals surface area contributed by atoms with Gasteiger partial charge in [-0.05, 0) is 17.7 Å². The van der Waals surface area contributed by atoms with Gasteiger partial charge < -0.3 is 5.21 Å². The molecule has 0 aliphatic rings. The maximum absolute atomic E-state index is 10.8. The summed E-state index contributed by atoms with van der Waals surface area (Å²) in [5.74, 6) is -0.102. The third-order valence-electron chi connectivity index (χ3n) is 2.47. The number of H-pyrrole nitrogens is 1. The molecule has 7 nitrogen and oxygen atoms in total. The number of aromatic nitrogens is 4. The highest BCUT2D eigenvalue weighted by molar-refractivity contribution is 5.79. The summed E-state index contributed by atoms with van der Waals surface area (Å²) in [4.78, 5) is 14.1. The van der Waals surface area contributed by atoms with E-state index >= 15 is 0 Å². The second-order valence-corrected chi connectivity index (χ2v) is 3.65. The van der Waals surface area contributed by atoms with E-state index in [0.717, 1.165) is 15.8 Å². The molecule has 0 aliphatic carbocycles. The zero-order valence-corrected chi connectivity index (χ0v) is 8.62. The molecule has 3 rings (SSSR count). The minimum absolute atomic E-state index is 0.457. The second kappa shape index (κ2) is 3.48. The van der Waals surface area contributed by atoms with Crippen molar-refractivity contribution in [3.8, 4) is 0 Å². The van der Waals surface area contributed by atoms with Crippen molar-refractivity contribution in [3.05, 3.63) is 46.3 Å². The van der Waals surface area contributed by atoms with E-state index in [-0.39, 0.29) is 0 Å². The monoisotopic (exact) mass is 232 g/mol. The van der Waals surface area contributed by atoms with Crippen LogP contribution in [-0.2, 0) is 6.42 Å².